The number of hydrogen-bond donors (Lipinski definition) is 1. The summed E-state index contributed by atoms with van der Waals surface area (Å²) in [4.78, 5) is 15.6. The van der Waals surface area contributed by atoms with Crippen LogP contribution >= 0.6 is 0 Å². The highest BCUT2D eigenvalue weighted by molar-refractivity contribution is 5.76. The predicted molar refractivity (Wildman–Crippen MR) is 87.5 cm³/mol. The van der Waals surface area contributed by atoms with Crippen LogP contribution < -0.4 is 0 Å². The number of aliphatic hydroxyl groups is 1. The second-order valence-corrected chi connectivity index (χ2v) is 6.16. The van der Waals surface area contributed by atoms with E-state index in [0.717, 1.165) is 26.1 Å². The van der Waals surface area contributed by atoms with Crippen molar-refractivity contribution < 1.29 is 9.90 Å². The smallest absolute Gasteiger partial charge is 0.320 e. The molecule has 0 atom stereocenters. The Bertz CT molecular complexity index is 272. The van der Waals surface area contributed by atoms with Crippen LogP contribution in [0.15, 0.2) is 0 Å². The summed E-state index contributed by atoms with van der Waals surface area (Å²) in [5.41, 5.74) is 0. The monoisotopic (exact) mass is 298 g/mol. The molecule has 0 bridgehead atoms. The van der Waals surface area contributed by atoms with Crippen LogP contribution in [-0.4, -0.2) is 53.7 Å². The number of urea groups is 1. The molecule has 1 fully saturated rings. The molecule has 1 heterocycles. The van der Waals surface area contributed by atoms with E-state index < -0.39 is 0 Å². The van der Waals surface area contributed by atoms with Crippen molar-refractivity contribution in [3.8, 4) is 0 Å². The van der Waals surface area contributed by atoms with Gasteiger partial charge < -0.3 is 14.9 Å². The molecule has 1 saturated heterocycles. The lowest BCUT2D eigenvalue weighted by Gasteiger charge is -2.17. The normalized spacial score (nSPS) is 15.2. The second-order valence-electron chi connectivity index (χ2n) is 6.16. The molecular formula is C17H34N2O2. The summed E-state index contributed by atoms with van der Waals surface area (Å²) in [6.07, 6.45) is 13.3. The molecule has 1 N–H and O–H groups in total. The van der Waals surface area contributed by atoms with Crippen LogP contribution in [0.1, 0.15) is 71.1 Å². The lowest BCUT2D eigenvalue weighted by atomic mass is 10.1. The van der Waals surface area contributed by atoms with Gasteiger partial charge in [0, 0.05) is 26.2 Å². The van der Waals surface area contributed by atoms with Crippen LogP contribution in [0, 0.1) is 0 Å². The first-order valence-corrected chi connectivity index (χ1v) is 8.94. The van der Waals surface area contributed by atoms with Crippen molar-refractivity contribution in [3.63, 3.8) is 0 Å². The maximum absolute atomic E-state index is 11.9. The Hall–Kier alpha value is -0.770. The van der Waals surface area contributed by atoms with Gasteiger partial charge in [-0.05, 0) is 6.42 Å². The van der Waals surface area contributed by atoms with Crippen molar-refractivity contribution in [1.82, 2.24) is 9.80 Å². The molecular weight excluding hydrogens is 264 g/mol. The van der Waals surface area contributed by atoms with E-state index in [9.17, 15) is 4.79 Å². The molecule has 0 unspecified atom stereocenters. The molecule has 0 aliphatic carbocycles. The van der Waals surface area contributed by atoms with E-state index in [2.05, 4.69) is 6.92 Å². The fourth-order valence-corrected chi connectivity index (χ4v) is 2.96. The number of aliphatic hydroxyl groups excluding tert-OH is 1. The van der Waals surface area contributed by atoms with Crippen LogP contribution in [0.5, 0.6) is 0 Å². The molecule has 0 spiro atoms. The molecule has 0 saturated carbocycles. The van der Waals surface area contributed by atoms with Crippen molar-refractivity contribution in [1.29, 1.82) is 0 Å². The number of rotatable bonds is 13. The van der Waals surface area contributed by atoms with Gasteiger partial charge in [-0.25, -0.2) is 4.79 Å². The molecule has 0 aromatic rings. The zero-order valence-corrected chi connectivity index (χ0v) is 13.9. The minimum Gasteiger partial charge on any atom is -0.395 e. The quantitative estimate of drug-likeness (QED) is 0.528. The van der Waals surface area contributed by atoms with Crippen molar-refractivity contribution in [3.05, 3.63) is 0 Å². The van der Waals surface area contributed by atoms with E-state index >= 15 is 0 Å². The van der Waals surface area contributed by atoms with Crippen molar-refractivity contribution in [2.75, 3.05) is 32.8 Å². The maximum atomic E-state index is 11.9. The Morgan fingerprint density at radius 3 is 1.81 bits per heavy atom. The summed E-state index contributed by atoms with van der Waals surface area (Å²) < 4.78 is 0. The largest absolute Gasteiger partial charge is 0.395 e. The van der Waals surface area contributed by atoms with Crippen LogP contribution in [-0.2, 0) is 0 Å². The summed E-state index contributed by atoms with van der Waals surface area (Å²) in [6, 6.07) is 0.111. The standard InChI is InChI=1S/C17H34N2O2/c1-2-3-4-5-6-7-8-9-10-11-12-18-13-14-19(15-16-20)17(18)21/h20H,2-16H2,1H3. The molecule has 1 rings (SSSR count). The first-order valence-electron chi connectivity index (χ1n) is 8.94. The fraction of sp³-hybridized carbons (Fsp3) is 0.941. The van der Waals surface area contributed by atoms with Gasteiger partial charge in [-0.15, -0.1) is 0 Å². The maximum Gasteiger partial charge on any atom is 0.320 e. The Morgan fingerprint density at radius 1 is 0.810 bits per heavy atom. The van der Waals surface area contributed by atoms with Crippen molar-refractivity contribution >= 4 is 6.03 Å². The third-order valence-electron chi connectivity index (χ3n) is 4.33. The van der Waals surface area contributed by atoms with Crippen LogP contribution in [0.3, 0.4) is 0 Å². The minimum atomic E-state index is 0.0673. The number of carbonyl (C=O) groups is 1. The second kappa shape index (κ2) is 11.8. The average molecular weight is 298 g/mol. The summed E-state index contributed by atoms with van der Waals surface area (Å²) in [6.45, 7) is 5.30. The van der Waals surface area contributed by atoms with Gasteiger partial charge in [0.2, 0.25) is 0 Å². The molecule has 0 aromatic heterocycles. The molecule has 0 aromatic carbocycles. The fourth-order valence-electron chi connectivity index (χ4n) is 2.96. The third kappa shape index (κ3) is 7.70. The Morgan fingerprint density at radius 2 is 1.29 bits per heavy atom. The number of amides is 2. The van der Waals surface area contributed by atoms with E-state index in [0.29, 0.717) is 6.54 Å². The topological polar surface area (TPSA) is 43.8 Å². The zero-order chi connectivity index (χ0) is 15.3. The number of hydrogen-bond acceptors (Lipinski definition) is 2. The van der Waals surface area contributed by atoms with Gasteiger partial charge in [-0.1, -0.05) is 64.7 Å². The summed E-state index contributed by atoms with van der Waals surface area (Å²) in [5, 5.41) is 8.88. The third-order valence-corrected chi connectivity index (χ3v) is 4.33. The number of unbranched alkanes of at least 4 members (excludes halogenated alkanes) is 9. The summed E-state index contributed by atoms with van der Waals surface area (Å²) >= 11 is 0. The highest BCUT2D eigenvalue weighted by atomic mass is 16.3. The van der Waals surface area contributed by atoms with Gasteiger partial charge in [0.05, 0.1) is 6.61 Å². The lowest BCUT2D eigenvalue weighted by molar-refractivity contribution is 0.178. The van der Waals surface area contributed by atoms with Gasteiger partial charge in [0.25, 0.3) is 0 Å². The van der Waals surface area contributed by atoms with Gasteiger partial charge in [-0.2, -0.15) is 0 Å². The Labute approximate surface area is 130 Å². The molecule has 1 aliphatic rings. The molecule has 4 nitrogen and oxygen atoms in total. The first kappa shape index (κ1) is 18.3. The van der Waals surface area contributed by atoms with Gasteiger partial charge >= 0.3 is 6.03 Å². The van der Waals surface area contributed by atoms with E-state index in [4.69, 9.17) is 5.11 Å². The van der Waals surface area contributed by atoms with Gasteiger partial charge in [0.15, 0.2) is 0 Å². The van der Waals surface area contributed by atoms with E-state index in [-0.39, 0.29) is 12.6 Å². The van der Waals surface area contributed by atoms with Crippen LogP contribution in [0.2, 0.25) is 0 Å². The Balaban J connectivity index is 1.90. The van der Waals surface area contributed by atoms with Crippen LogP contribution in [0.25, 0.3) is 0 Å². The van der Waals surface area contributed by atoms with Crippen molar-refractivity contribution in [2.45, 2.75) is 71.1 Å². The zero-order valence-electron chi connectivity index (χ0n) is 13.9. The number of carbonyl (C=O) groups excluding carboxylic acids is 1. The molecule has 1 aliphatic heterocycles. The Kier molecular flexibility index (Phi) is 10.3. The molecule has 124 valence electrons. The van der Waals surface area contributed by atoms with E-state index in [1.165, 1.54) is 57.8 Å². The van der Waals surface area contributed by atoms with Crippen LogP contribution in [0.4, 0.5) is 4.79 Å². The van der Waals surface area contributed by atoms with Gasteiger partial charge in [-0.3, -0.25) is 0 Å². The van der Waals surface area contributed by atoms with Crippen molar-refractivity contribution in [2.24, 2.45) is 0 Å². The summed E-state index contributed by atoms with van der Waals surface area (Å²) in [5.74, 6) is 0. The molecule has 0 radical (unpaired) electrons. The van der Waals surface area contributed by atoms with E-state index in [1.807, 2.05) is 4.90 Å². The highest BCUT2D eigenvalue weighted by Crippen LogP contribution is 2.13. The van der Waals surface area contributed by atoms with Gasteiger partial charge in [0.1, 0.15) is 0 Å². The highest BCUT2D eigenvalue weighted by Gasteiger charge is 2.26. The average Bonchev–Trinajstić information content (AvgIpc) is 2.83. The molecule has 21 heavy (non-hydrogen) atoms. The number of β-amino-alcohol motifs (C(OH)–C–C–N with tert-alkyl or cyclic N) is 1. The van der Waals surface area contributed by atoms with E-state index in [1.54, 1.807) is 4.90 Å². The first-order chi connectivity index (χ1) is 10.3. The molecule has 2 amide bonds. The molecule has 4 heteroatoms. The number of nitrogens with zero attached hydrogens (tertiary/aromatic N) is 2. The SMILES string of the molecule is CCCCCCCCCCCCN1CCN(CCO)C1=O. The minimum absolute atomic E-state index is 0.0673. The predicted octanol–water partition coefficient (Wildman–Crippen LogP) is 3.64. The summed E-state index contributed by atoms with van der Waals surface area (Å²) in [7, 11) is 0. The lowest BCUT2D eigenvalue weighted by Crippen LogP contribution is -2.34.